The summed E-state index contributed by atoms with van der Waals surface area (Å²) >= 11 is 0. The Balaban J connectivity index is 1.86. The molecule has 0 saturated carbocycles. The number of rotatable bonds is 5. The molecule has 0 bridgehead atoms. The second-order valence-electron chi connectivity index (χ2n) is 6.42. The first-order valence-corrected chi connectivity index (χ1v) is 10.4. The van der Waals surface area contributed by atoms with E-state index in [4.69, 9.17) is 4.42 Å². The van der Waals surface area contributed by atoms with Crippen molar-refractivity contribution in [3.63, 3.8) is 0 Å². The van der Waals surface area contributed by atoms with Crippen molar-refractivity contribution in [1.29, 1.82) is 0 Å². The monoisotopic (exact) mass is 376 g/mol. The smallest absolute Gasteiger partial charge is 0.294 e. The lowest BCUT2D eigenvalue weighted by atomic mass is 10.1. The summed E-state index contributed by atoms with van der Waals surface area (Å²) in [5.74, 6) is -0.312. The number of hydrogen-bond acceptors (Lipinski definition) is 4. The third kappa shape index (κ3) is 3.54. The van der Waals surface area contributed by atoms with Gasteiger partial charge in [0.05, 0.1) is 0 Å². The van der Waals surface area contributed by atoms with Crippen molar-refractivity contribution in [2.45, 2.75) is 38.2 Å². The quantitative estimate of drug-likeness (QED) is 0.801. The highest BCUT2D eigenvalue weighted by Crippen LogP contribution is 2.25. The molecule has 2 aromatic rings. The van der Waals surface area contributed by atoms with Gasteiger partial charge in [-0.1, -0.05) is 24.6 Å². The molecule has 1 aromatic heterocycles. The zero-order chi connectivity index (χ0) is 18.7. The molecule has 1 aliphatic rings. The summed E-state index contributed by atoms with van der Waals surface area (Å²) in [6.45, 7) is 5.25. The fourth-order valence-corrected chi connectivity index (χ4v) is 4.66. The van der Waals surface area contributed by atoms with Crippen molar-refractivity contribution in [2.24, 2.45) is 0 Å². The number of aryl methyl sites for hydroxylation is 1. The van der Waals surface area contributed by atoms with Crippen molar-refractivity contribution in [3.8, 4) is 0 Å². The average molecular weight is 376 g/mol. The molecule has 0 radical (unpaired) electrons. The summed E-state index contributed by atoms with van der Waals surface area (Å²) in [5, 5.41) is -0.163. The average Bonchev–Trinajstić information content (AvgIpc) is 3.15. The van der Waals surface area contributed by atoms with Gasteiger partial charge in [0.2, 0.25) is 5.09 Å². The molecule has 3 rings (SSSR count). The molecule has 0 aliphatic carbocycles. The molecule has 1 aliphatic heterocycles. The molecular weight excluding hydrogens is 352 g/mol. The van der Waals surface area contributed by atoms with E-state index in [2.05, 4.69) is 0 Å². The number of carbonyl (C=O) groups is 1. The Hall–Kier alpha value is -2.12. The molecule has 0 atom stereocenters. The minimum absolute atomic E-state index is 0.0330. The summed E-state index contributed by atoms with van der Waals surface area (Å²) in [7, 11) is -3.68. The van der Waals surface area contributed by atoms with Gasteiger partial charge in [-0.2, -0.15) is 4.31 Å². The number of benzene rings is 1. The predicted molar refractivity (Wildman–Crippen MR) is 99.8 cm³/mol. The first kappa shape index (κ1) is 18.7. The molecule has 26 heavy (non-hydrogen) atoms. The molecule has 140 valence electrons. The van der Waals surface area contributed by atoms with Crippen molar-refractivity contribution in [2.75, 3.05) is 24.5 Å². The Kier molecular flexibility index (Phi) is 5.48. The second kappa shape index (κ2) is 7.63. The highest BCUT2D eigenvalue weighted by molar-refractivity contribution is 7.89. The van der Waals surface area contributed by atoms with E-state index in [0.717, 1.165) is 30.5 Å². The summed E-state index contributed by atoms with van der Waals surface area (Å²) in [5.41, 5.74) is 1.76. The highest BCUT2D eigenvalue weighted by Gasteiger charge is 2.30. The Labute approximate surface area is 154 Å². The van der Waals surface area contributed by atoms with Gasteiger partial charge in [0, 0.05) is 25.3 Å². The minimum Gasteiger partial charge on any atom is -0.438 e. The molecule has 2 heterocycles. The van der Waals surface area contributed by atoms with Gasteiger partial charge in [0.1, 0.15) is 0 Å². The van der Waals surface area contributed by atoms with Crippen molar-refractivity contribution < 1.29 is 17.6 Å². The third-order valence-corrected chi connectivity index (χ3v) is 6.44. The van der Waals surface area contributed by atoms with Crippen LogP contribution >= 0.6 is 0 Å². The van der Waals surface area contributed by atoms with Gasteiger partial charge in [0.15, 0.2) is 5.76 Å². The van der Waals surface area contributed by atoms with Gasteiger partial charge in [-0.15, -0.1) is 0 Å². The maximum absolute atomic E-state index is 12.9. The topological polar surface area (TPSA) is 70.8 Å². The maximum Gasteiger partial charge on any atom is 0.294 e. The molecule has 1 saturated heterocycles. The maximum atomic E-state index is 12.9. The van der Waals surface area contributed by atoms with Crippen LogP contribution in [-0.4, -0.2) is 38.3 Å². The highest BCUT2D eigenvalue weighted by atomic mass is 32.2. The van der Waals surface area contributed by atoms with E-state index in [1.54, 1.807) is 4.90 Å². The molecule has 6 nitrogen and oxygen atoms in total. The van der Waals surface area contributed by atoms with E-state index in [0.29, 0.717) is 19.6 Å². The fourth-order valence-electron chi connectivity index (χ4n) is 3.23. The first-order valence-electron chi connectivity index (χ1n) is 8.92. The van der Waals surface area contributed by atoms with Crippen LogP contribution in [0.3, 0.4) is 0 Å². The lowest BCUT2D eigenvalue weighted by Gasteiger charge is -2.24. The predicted octanol–water partition coefficient (Wildman–Crippen LogP) is 3.43. The van der Waals surface area contributed by atoms with Gasteiger partial charge in [0.25, 0.3) is 15.9 Å². The number of carbonyl (C=O) groups excluding carboxylic acids is 1. The number of anilines is 1. The Morgan fingerprint density at radius 1 is 1.12 bits per heavy atom. The molecule has 0 N–H and O–H groups in total. The van der Waals surface area contributed by atoms with Crippen LogP contribution in [0.1, 0.15) is 42.3 Å². The van der Waals surface area contributed by atoms with Crippen LogP contribution in [0, 0.1) is 6.92 Å². The third-order valence-electron chi connectivity index (χ3n) is 4.67. The number of hydrogen-bond donors (Lipinski definition) is 0. The second-order valence-corrected chi connectivity index (χ2v) is 8.29. The number of furan rings is 1. The largest absolute Gasteiger partial charge is 0.438 e. The lowest BCUT2D eigenvalue weighted by Crippen LogP contribution is -2.35. The molecule has 1 amide bonds. The number of para-hydroxylation sites is 1. The van der Waals surface area contributed by atoms with Crippen LogP contribution in [0.2, 0.25) is 0 Å². The van der Waals surface area contributed by atoms with Crippen LogP contribution in [0.5, 0.6) is 0 Å². The van der Waals surface area contributed by atoms with Crippen molar-refractivity contribution >= 4 is 21.6 Å². The molecule has 0 spiro atoms. The number of piperidine rings is 1. The van der Waals surface area contributed by atoms with Gasteiger partial charge >= 0.3 is 0 Å². The zero-order valence-electron chi connectivity index (χ0n) is 15.1. The Morgan fingerprint density at radius 3 is 2.46 bits per heavy atom. The summed E-state index contributed by atoms with van der Waals surface area (Å²) in [4.78, 5) is 14.5. The van der Waals surface area contributed by atoms with E-state index in [9.17, 15) is 13.2 Å². The summed E-state index contributed by atoms with van der Waals surface area (Å²) in [6, 6.07) is 10.4. The van der Waals surface area contributed by atoms with E-state index in [1.165, 1.54) is 16.4 Å². The SMILES string of the molecule is CCN(C(=O)c1ccc(S(=O)(=O)N2CCCCC2)o1)c1ccccc1C. The van der Waals surface area contributed by atoms with Crippen LogP contribution in [0.15, 0.2) is 45.9 Å². The molecular formula is C19H24N2O4S. The number of amides is 1. The van der Waals surface area contributed by atoms with Gasteiger partial charge in [-0.05, 0) is 50.5 Å². The van der Waals surface area contributed by atoms with Gasteiger partial charge in [-0.3, -0.25) is 4.79 Å². The van der Waals surface area contributed by atoms with Crippen molar-refractivity contribution in [1.82, 2.24) is 4.31 Å². The molecule has 7 heteroatoms. The molecule has 1 aromatic carbocycles. The fraction of sp³-hybridized carbons (Fsp3) is 0.421. The zero-order valence-corrected chi connectivity index (χ0v) is 16.0. The van der Waals surface area contributed by atoms with E-state index in [-0.39, 0.29) is 16.8 Å². The number of nitrogens with zero attached hydrogens (tertiary/aromatic N) is 2. The molecule has 0 unspecified atom stereocenters. The van der Waals surface area contributed by atoms with Crippen LogP contribution < -0.4 is 4.90 Å². The minimum atomic E-state index is -3.68. The number of sulfonamides is 1. The van der Waals surface area contributed by atoms with Gasteiger partial charge < -0.3 is 9.32 Å². The van der Waals surface area contributed by atoms with Crippen LogP contribution in [0.4, 0.5) is 5.69 Å². The lowest BCUT2D eigenvalue weighted by molar-refractivity contribution is 0.0956. The van der Waals surface area contributed by atoms with Crippen LogP contribution in [-0.2, 0) is 10.0 Å². The van der Waals surface area contributed by atoms with Crippen LogP contribution in [0.25, 0.3) is 0 Å². The summed E-state index contributed by atoms with van der Waals surface area (Å²) in [6.07, 6.45) is 2.74. The normalized spacial score (nSPS) is 15.8. The Bertz CT molecular complexity index is 882. The van der Waals surface area contributed by atoms with Gasteiger partial charge in [-0.25, -0.2) is 8.42 Å². The summed E-state index contributed by atoms with van der Waals surface area (Å²) < 4.78 is 32.3. The van der Waals surface area contributed by atoms with Crippen molar-refractivity contribution in [3.05, 3.63) is 47.7 Å². The van der Waals surface area contributed by atoms with E-state index < -0.39 is 10.0 Å². The first-order chi connectivity index (χ1) is 12.4. The van der Waals surface area contributed by atoms with E-state index >= 15 is 0 Å². The Morgan fingerprint density at radius 2 is 1.81 bits per heavy atom. The molecule has 1 fully saturated rings. The van der Waals surface area contributed by atoms with E-state index in [1.807, 2.05) is 38.1 Å². The standard InChI is InChI=1S/C19H24N2O4S/c1-3-21(16-10-6-5-9-15(16)2)19(22)17-11-12-18(25-17)26(23,24)20-13-7-4-8-14-20/h5-6,9-12H,3-4,7-8,13-14H2,1-2H3.